The maximum atomic E-state index is 11.7. The van der Waals surface area contributed by atoms with Crippen molar-refractivity contribution in [2.45, 2.75) is 40.5 Å². The van der Waals surface area contributed by atoms with E-state index in [0.717, 1.165) is 6.54 Å². The summed E-state index contributed by atoms with van der Waals surface area (Å²) in [6, 6.07) is 0. The smallest absolute Gasteiger partial charge is 0.306 e. The first kappa shape index (κ1) is 18.9. The summed E-state index contributed by atoms with van der Waals surface area (Å²) in [6.45, 7) is 9.68. The number of amides is 1. The van der Waals surface area contributed by atoms with Crippen molar-refractivity contribution in [2.24, 2.45) is 11.8 Å². The topological polar surface area (TPSA) is 55.8 Å². The lowest BCUT2D eigenvalue weighted by atomic mass is 10.1. The van der Waals surface area contributed by atoms with Gasteiger partial charge in [0.05, 0.1) is 13.2 Å². The normalized spacial score (nSPS) is 10.9. The number of esters is 1. The summed E-state index contributed by atoms with van der Waals surface area (Å²) in [5.74, 6) is 0.570. The number of likely N-dealkylation sites (N-methyl/N-ethyl adjacent to an activating group) is 1. The van der Waals surface area contributed by atoms with E-state index in [1.54, 1.807) is 11.9 Å². The molecule has 5 nitrogen and oxygen atoms in total. The largest absolute Gasteiger partial charge is 0.466 e. The van der Waals surface area contributed by atoms with Crippen molar-refractivity contribution in [3.8, 4) is 0 Å². The van der Waals surface area contributed by atoms with Crippen LogP contribution in [0.5, 0.6) is 0 Å². The van der Waals surface area contributed by atoms with Crippen LogP contribution in [0.2, 0.25) is 0 Å². The molecule has 0 aromatic rings. The van der Waals surface area contributed by atoms with E-state index in [1.165, 1.54) is 0 Å². The van der Waals surface area contributed by atoms with E-state index in [9.17, 15) is 9.59 Å². The number of carbonyl (C=O) groups is 2. The van der Waals surface area contributed by atoms with Crippen LogP contribution in [0.15, 0.2) is 0 Å². The van der Waals surface area contributed by atoms with Crippen LogP contribution in [0, 0.1) is 11.8 Å². The molecule has 0 fully saturated rings. The number of hydrogen-bond donors (Lipinski definition) is 0. The molecule has 0 aromatic heterocycles. The van der Waals surface area contributed by atoms with Gasteiger partial charge in [-0.05, 0) is 11.8 Å². The monoisotopic (exact) mass is 287 g/mol. The molecular formula is C15H29NO4. The fraction of sp³-hybridized carbons (Fsp3) is 0.867. The van der Waals surface area contributed by atoms with E-state index in [1.807, 2.05) is 13.8 Å². The summed E-state index contributed by atoms with van der Waals surface area (Å²) in [6.07, 6.45) is 1.06. The zero-order chi connectivity index (χ0) is 15.5. The van der Waals surface area contributed by atoms with Gasteiger partial charge in [0.15, 0.2) is 0 Å². The maximum Gasteiger partial charge on any atom is 0.306 e. The van der Waals surface area contributed by atoms with Crippen molar-refractivity contribution in [3.05, 3.63) is 0 Å². The van der Waals surface area contributed by atoms with Crippen LogP contribution in [0.4, 0.5) is 0 Å². The summed E-state index contributed by atoms with van der Waals surface area (Å²) in [5, 5.41) is 0. The molecule has 0 heterocycles. The van der Waals surface area contributed by atoms with Gasteiger partial charge in [0, 0.05) is 26.4 Å². The van der Waals surface area contributed by atoms with Gasteiger partial charge in [0.25, 0.3) is 0 Å². The molecule has 1 amide bonds. The number of nitrogens with zero attached hydrogens (tertiary/aromatic N) is 1. The van der Waals surface area contributed by atoms with Crippen LogP contribution >= 0.6 is 0 Å². The highest BCUT2D eigenvalue weighted by Gasteiger charge is 2.10. The number of carbonyl (C=O) groups excluding carboxylic acids is 2. The minimum Gasteiger partial charge on any atom is -0.466 e. The lowest BCUT2D eigenvalue weighted by Gasteiger charge is -2.19. The van der Waals surface area contributed by atoms with Crippen molar-refractivity contribution in [1.29, 1.82) is 0 Å². The Morgan fingerprint density at radius 1 is 1.05 bits per heavy atom. The molecular weight excluding hydrogens is 258 g/mol. The molecule has 0 aliphatic rings. The zero-order valence-electron chi connectivity index (χ0n) is 13.5. The molecule has 0 unspecified atom stereocenters. The quantitative estimate of drug-likeness (QED) is 0.456. The summed E-state index contributed by atoms with van der Waals surface area (Å²) in [7, 11) is 1.78. The van der Waals surface area contributed by atoms with Crippen molar-refractivity contribution < 1.29 is 19.1 Å². The van der Waals surface area contributed by atoms with Gasteiger partial charge in [-0.25, -0.2) is 0 Å². The third-order valence-electron chi connectivity index (χ3n) is 2.56. The Balaban J connectivity index is 3.53. The Bertz CT molecular complexity index is 290. The highest BCUT2D eigenvalue weighted by Crippen LogP contribution is 2.01. The minimum absolute atomic E-state index is 0.0181. The van der Waals surface area contributed by atoms with Gasteiger partial charge < -0.3 is 14.4 Å². The SMILES string of the molecule is CC(C)CC(=O)OCCCOCC(=O)N(C)CC(C)C. The predicted molar refractivity (Wildman–Crippen MR) is 78.3 cm³/mol. The molecule has 0 rings (SSSR count). The first-order chi connectivity index (χ1) is 9.32. The van der Waals surface area contributed by atoms with E-state index >= 15 is 0 Å². The molecule has 0 aliphatic carbocycles. The number of rotatable bonds is 10. The molecule has 0 bridgehead atoms. The van der Waals surface area contributed by atoms with Crippen LogP contribution in [-0.2, 0) is 19.1 Å². The standard InChI is InChI=1S/C15H29NO4/c1-12(2)9-15(18)20-8-6-7-19-11-14(17)16(5)10-13(3)4/h12-13H,6-11H2,1-5H3. The van der Waals surface area contributed by atoms with Gasteiger partial charge in [-0.3, -0.25) is 9.59 Å². The molecule has 0 aliphatic heterocycles. The second-order valence-electron chi connectivity index (χ2n) is 5.89. The maximum absolute atomic E-state index is 11.7. The fourth-order valence-corrected chi connectivity index (χ4v) is 1.66. The Morgan fingerprint density at radius 2 is 1.70 bits per heavy atom. The van der Waals surface area contributed by atoms with E-state index in [0.29, 0.717) is 37.9 Å². The van der Waals surface area contributed by atoms with Crippen molar-refractivity contribution >= 4 is 11.9 Å². The van der Waals surface area contributed by atoms with Gasteiger partial charge in [-0.1, -0.05) is 27.7 Å². The van der Waals surface area contributed by atoms with Gasteiger partial charge in [0.1, 0.15) is 6.61 Å². The van der Waals surface area contributed by atoms with Crippen molar-refractivity contribution in [1.82, 2.24) is 4.90 Å². The van der Waals surface area contributed by atoms with E-state index < -0.39 is 0 Å². The van der Waals surface area contributed by atoms with Crippen LogP contribution < -0.4 is 0 Å². The summed E-state index contributed by atoms with van der Waals surface area (Å²) >= 11 is 0. The molecule has 0 N–H and O–H groups in total. The Kier molecular flexibility index (Phi) is 10.1. The molecule has 5 heteroatoms. The van der Waals surface area contributed by atoms with Gasteiger partial charge in [0.2, 0.25) is 5.91 Å². The number of hydrogen-bond acceptors (Lipinski definition) is 4. The second kappa shape index (κ2) is 10.7. The molecule has 0 saturated carbocycles. The van der Waals surface area contributed by atoms with E-state index in [4.69, 9.17) is 9.47 Å². The molecule has 0 saturated heterocycles. The third-order valence-corrected chi connectivity index (χ3v) is 2.56. The lowest BCUT2D eigenvalue weighted by Crippen LogP contribution is -2.33. The second-order valence-corrected chi connectivity index (χ2v) is 5.89. The van der Waals surface area contributed by atoms with Gasteiger partial charge in [-0.2, -0.15) is 0 Å². The predicted octanol–water partition coefficient (Wildman–Crippen LogP) is 2.10. The van der Waals surface area contributed by atoms with Gasteiger partial charge >= 0.3 is 5.97 Å². The zero-order valence-corrected chi connectivity index (χ0v) is 13.5. The molecule has 118 valence electrons. The van der Waals surface area contributed by atoms with Gasteiger partial charge in [-0.15, -0.1) is 0 Å². The average molecular weight is 287 g/mol. The third kappa shape index (κ3) is 10.8. The van der Waals surface area contributed by atoms with Crippen molar-refractivity contribution in [3.63, 3.8) is 0 Å². The number of ether oxygens (including phenoxy) is 2. The van der Waals surface area contributed by atoms with Crippen LogP contribution in [0.1, 0.15) is 40.5 Å². The fourth-order valence-electron chi connectivity index (χ4n) is 1.66. The summed E-state index contributed by atoms with van der Waals surface area (Å²) in [5.41, 5.74) is 0. The highest BCUT2D eigenvalue weighted by atomic mass is 16.5. The molecule has 20 heavy (non-hydrogen) atoms. The Morgan fingerprint density at radius 3 is 2.25 bits per heavy atom. The van der Waals surface area contributed by atoms with E-state index in [2.05, 4.69) is 13.8 Å². The minimum atomic E-state index is -0.173. The summed E-state index contributed by atoms with van der Waals surface area (Å²) in [4.78, 5) is 24.6. The highest BCUT2D eigenvalue weighted by molar-refractivity contribution is 5.77. The Hall–Kier alpha value is -1.10. The average Bonchev–Trinajstić information content (AvgIpc) is 2.31. The first-order valence-electron chi connectivity index (χ1n) is 7.30. The van der Waals surface area contributed by atoms with E-state index in [-0.39, 0.29) is 18.5 Å². The molecule has 0 spiro atoms. The molecule has 0 radical (unpaired) electrons. The van der Waals surface area contributed by atoms with Crippen LogP contribution in [0.3, 0.4) is 0 Å². The van der Waals surface area contributed by atoms with Crippen molar-refractivity contribution in [2.75, 3.05) is 33.4 Å². The molecule has 0 atom stereocenters. The summed E-state index contributed by atoms with van der Waals surface area (Å²) < 4.78 is 10.3. The first-order valence-corrected chi connectivity index (χ1v) is 7.30. The lowest BCUT2D eigenvalue weighted by molar-refractivity contribution is -0.145. The Labute approximate surface area is 122 Å². The van der Waals surface area contributed by atoms with Crippen LogP contribution in [0.25, 0.3) is 0 Å². The van der Waals surface area contributed by atoms with Crippen LogP contribution in [-0.4, -0.2) is 50.2 Å². The molecule has 0 aromatic carbocycles.